The molecule has 0 saturated carbocycles. The standard InChI is InChI=1S/C13H18ClN3O2.ClH/c1-9(15)10-4-5-16(7-10)8-11-2-3-12(14)6-13(11)17(18)19;/h2-3,6,9-10H,4-5,7-8,15H2,1H3;1H. The van der Waals surface area contributed by atoms with Crippen LogP contribution in [0.1, 0.15) is 18.9 Å². The second-order valence-corrected chi connectivity index (χ2v) is 5.61. The minimum atomic E-state index is -0.375. The molecule has 0 spiro atoms. The molecular weight excluding hydrogens is 301 g/mol. The first-order chi connectivity index (χ1) is 8.97. The van der Waals surface area contributed by atoms with Gasteiger partial charge in [-0.25, -0.2) is 0 Å². The molecule has 1 aromatic carbocycles. The summed E-state index contributed by atoms with van der Waals surface area (Å²) in [7, 11) is 0. The lowest BCUT2D eigenvalue weighted by atomic mass is 10.0. The number of halogens is 2. The molecule has 0 aliphatic carbocycles. The van der Waals surface area contributed by atoms with Gasteiger partial charge >= 0.3 is 0 Å². The van der Waals surface area contributed by atoms with Gasteiger partial charge in [-0.15, -0.1) is 12.4 Å². The molecule has 2 atom stereocenters. The Morgan fingerprint density at radius 3 is 2.85 bits per heavy atom. The molecule has 2 unspecified atom stereocenters. The van der Waals surface area contributed by atoms with Crippen molar-refractivity contribution in [2.75, 3.05) is 13.1 Å². The number of rotatable bonds is 4. The summed E-state index contributed by atoms with van der Waals surface area (Å²) in [6, 6.07) is 5.02. The van der Waals surface area contributed by atoms with Gasteiger partial charge < -0.3 is 5.73 Å². The maximum absolute atomic E-state index is 11.0. The van der Waals surface area contributed by atoms with E-state index >= 15 is 0 Å². The third-order valence-corrected chi connectivity index (χ3v) is 3.93. The van der Waals surface area contributed by atoms with E-state index in [-0.39, 0.29) is 29.1 Å². The molecule has 20 heavy (non-hydrogen) atoms. The Morgan fingerprint density at radius 2 is 2.30 bits per heavy atom. The summed E-state index contributed by atoms with van der Waals surface area (Å²) in [6.07, 6.45) is 1.05. The molecule has 0 bridgehead atoms. The fourth-order valence-corrected chi connectivity index (χ4v) is 2.68. The van der Waals surface area contributed by atoms with Crippen molar-refractivity contribution >= 4 is 29.7 Å². The molecule has 1 heterocycles. The van der Waals surface area contributed by atoms with Crippen molar-refractivity contribution in [3.8, 4) is 0 Å². The van der Waals surface area contributed by atoms with Gasteiger partial charge in [0.1, 0.15) is 0 Å². The fraction of sp³-hybridized carbons (Fsp3) is 0.538. The maximum atomic E-state index is 11.0. The van der Waals surface area contributed by atoms with Gasteiger partial charge in [0, 0.05) is 35.8 Å². The van der Waals surface area contributed by atoms with Gasteiger partial charge in [-0.1, -0.05) is 11.6 Å². The normalized spacial score (nSPS) is 20.4. The summed E-state index contributed by atoms with van der Waals surface area (Å²) in [5.41, 5.74) is 6.70. The Balaban J connectivity index is 0.00000200. The summed E-state index contributed by atoms with van der Waals surface area (Å²) in [5, 5.41) is 11.4. The Labute approximate surface area is 129 Å². The van der Waals surface area contributed by atoms with Crippen molar-refractivity contribution in [2.24, 2.45) is 11.7 Å². The van der Waals surface area contributed by atoms with Crippen LogP contribution in [0.15, 0.2) is 18.2 Å². The van der Waals surface area contributed by atoms with E-state index in [1.165, 1.54) is 6.07 Å². The van der Waals surface area contributed by atoms with E-state index in [2.05, 4.69) is 4.90 Å². The van der Waals surface area contributed by atoms with Crippen LogP contribution < -0.4 is 5.73 Å². The molecule has 7 heteroatoms. The molecule has 1 saturated heterocycles. The second-order valence-electron chi connectivity index (χ2n) is 5.17. The molecule has 1 aromatic rings. The highest BCUT2D eigenvalue weighted by molar-refractivity contribution is 6.30. The van der Waals surface area contributed by atoms with Crippen molar-refractivity contribution < 1.29 is 4.92 Å². The highest BCUT2D eigenvalue weighted by atomic mass is 35.5. The van der Waals surface area contributed by atoms with Crippen LogP contribution in [0.2, 0.25) is 5.02 Å². The largest absolute Gasteiger partial charge is 0.328 e. The van der Waals surface area contributed by atoms with Gasteiger partial charge in [0.15, 0.2) is 0 Å². The van der Waals surface area contributed by atoms with Gasteiger partial charge in [0.05, 0.1) is 4.92 Å². The predicted octanol–water partition coefficient (Wildman–Crippen LogP) is 2.84. The average Bonchev–Trinajstić information content (AvgIpc) is 2.80. The van der Waals surface area contributed by atoms with E-state index in [1.54, 1.807) is 12.1 Å². The van der Waals surface area contributed by atoms with Crippen molar-refractivity contribution in [1.29, 1.82) is 0 Å². The quantitative estimate of drug-likeness (QED) is 0.684. The van der Waals surface area contributed by atoms with Crippen LogP contribution in [-0.4, -0.2) is 29.0 Å². The first kappa shape index (κ1) is 17.2. The number of hydrogen-bond donors (Lipinski definition) is 1. The predicted molar refractivity (Wildman–Crippen MR) is 82.4 cm³/mol. The summed E-state index contributed by atoms with van der Waals surface area (Å²) in [4.78, 5) is 12.9. The molecule has 112 valence electrons. The van der Waals surface area contributed by atoms with Crippen LogP contribution in [0.25, 0.3) is 0 Å². The van der Waals surface area contributed by atoms with E-state index in [4.69, 9.17) is 17.3 Å². The van der Waals surface area contributed by atoms with Gasteiger partial charge in [-0.05, 0) is 37.9 Å². The van der Waals surface area contributed by atoms with Crippen molar-refractivity contribution in [1.82, 2.24) is 4.90 Å². The van der Waals surface area contributed by atoms with Gasteiger partial charge in [-0.3, -0.25) is 15.0 Å². The Hall–Kier alpha value is -0.880. The monoisotopic (exact) mass is 319 g/mol. The number of likely N-dealkylation sites (tertiary alicyclic amines) is 1. The number of nitrogens with two attached hydrogens (primary N) is 1. The minimum Gasteiger partial charge on any atom is -0.328 e. The highest BCUT2D eigenvalue weighted by Crippen LogP contribution is 2.27. The Bertz CT molecular complexity index is 483. The summed E-state index contributed by atoms with van der Waals surface area (Å²) in [5.74, 6) is 0.478. The zero-order valence-corrected chi connectivity index (χ0v) is 12.9. The molecule has 0 radical (unpaired) electrons. The SMILES string of the molecule is CC(N)C1CCN(Cc2ccc(Cl)cc2[N+](=O)[O-])C1.Cl. The Kier molecular flexibility index (Phi) is 6.20. The van der Waals surface area contributed by atoms with Gasteiger partial charge in [-0.2, -0.15) is 0 Å². The van der Waals surface area contributed by atoms with Crippen LogP contribution in [0, 0.1) is 16.0 Å². The third kappa shape index (κ3) is 4.06. The lowest BCUT2D eigenvalue weighted by Crippen LogP contribution is -2.29. The van der Waals surface area contributed by atoms with E-state index < -0.39 is 0 Å². The first-order valence-electron chi connectivity index (χ1n) is 6.38. The first-order valence-corrected chi connectivity index (χ1v) is 6.76. The second kappa shape index (κ2) is 7.22. The number of benzene rings is 1. The van der Waals surface area contributed by atoms with Crippen LogP contribution in [-0.2, 0) is 6.54 Å². The Morgan fingerprint density at radius 1 is 1.60 bits per heavy atom. The molecule has 5 nitrogen and oxygen atoms in total. The molecule has 1 fully saturated rings. The van der Waals surface area contributed by atoms with Crippen LogP contribution in [0.4, 0.5) is 5.69 Å². The topological polar surface area (TPSA) is 72.4 Å². The van der Waals surface area contributed by atoms with Crippen LogP contribution >= 0.6 is 24.0 Å². The number of hydrogen-bond acceptors (Lipinski definition) is 4. The summed E-state index contributed by atoms with van der Waals surface area (Å²) < 4.78 is 0. The lowest BCUT2D eigenvalue weighted by molar-refractivity contribution is -0.385. The van der Waals surface area contributed by atoms with E-state index in [0.717, 1.165) is 19.5 Å². The van der Waals surface area contributed by atoms with Crippen molar-refractivity contribution in [3.63, 3.8) is 0 Å². The number of nitrogens with zero attached hydrogens (tertiary/aromatic N) is 2. The zero-order valence-electron chi connectivity index (χ0n) is 11.3. The van der Waals surface area contributed by atoms with E-state index in [0.29, 0.717) is 23.0 Å². The van der Waals surface area contributed by atoms with E-state index in [1.807, 2.05) is 6.92 Å². The average molecular weight is 320 g/mol. The van der Waals surface area contributed by atoms with Crippen LogP contribution in [0.5, 0.6) is 0 Å². The lowest BCUT2D eigenvalue weighted by Gasteiger charge is -2.17. The third-order valence-electron chi connectivity index (χ3n) is 3.69. The summed E-state index contributed by atoms with van der Waals surface area (Å²) >= 11 is 5.81. The van der Waals surface area contributed by atoms with E-state index in [9.17, 15) is 10.1 Å². The van der Waals surface area contributed by atoms with Gasteiger partial charge in [0.25, 0.3) is 5.69 Å². The number of nitro benzene ring substituents is 1. The summed E-state index contributed by atoms with van der Waals surface area (Å²) in [6.45, 7) is 4.43. The fourth-order valence-electron chi connectivity index (χ4n) is 2.52. The van der Waals surface area contributed by atoms with Crippen molar-refractivity contribution in [2.45, 2.75) is 25.9 Å². The molecule has 0 amide bonds. The molecular formula is C13H19Cl2N3O2. The molecule has 0 aromatic heterocycles. The zero-order chi connectivity index (χ0) is 14.0. The minimum absolute atomic E-state index is 0. The highest BCUT2D eigenvalue weighted by Gasteiger charge is 2.26. The number of nitro groups is 1. The molecule has 1 aliphatic heterocycles. The molecule has 2 N–H and O–H groups in total. The van der Waals surface area contributed by atoms with Gasteiger partial charge in [0.2, 0.25) is 0 Å². The smallest absolute Gasteiger partial charge is 0.275 e. The van der Waals surface area contributed by atoms with Crippen LogP contribution in [0.3, 0.4) is 0 Å². The molecule has 2 rings (SSSR count). The maximum Gasteiger partial charge on any atom is 0.275 e. The van der Waals surface area contributed by atoms with Crippen molar-refractivity contribution in [3.05, 3.63) is 38.9 Å². The molecule has 1 aliphatic rings.